The van der Waals surface area contributed by atoms with Crippen molar-refractivity contribution in [2.75, 3.05) is 6.61 Å². The number of carbonyl (C=O) groups is 1. The van der Waals surface area contributed by atoms with E-state index in [-0.39, 0.29) is 12.3 Å². The molecule has 148 valence electrons. The topological polar surface area (TPSA) is 75.3 Å². The molecule has 1 heterocycles. The molecule has 29 heavy (non-hydrogen) atoms. The zero-order valence-electron chi connectivity index (χ0n) is 15.6. The summed E-state index contributed by atoms with van der Waals surface area (Å²) in [7, 11) is 0. The third-order valence-corrected chi connectivity index (χ3v) is 4.85. The summed E-state index contributed by atoms with van der Waals surface area (Å²) in [6, 6.07) is 12.4. The highest BCUT2D eigenvalue weighted by molar-refractivity contribution is 6.36. The lowest BCUT2D eigenvalue weighted by molar-refractivity contribution is 0.0690. The Hall–Kier alpha value is -2.78. The van der Waals surface area contributed by atoms with Crippen LogP contribution in [0.15, 0.2) is 42.5 Å². The zero-order chi connectivity index (χ0) is 21.0. The maximum absolute atomic E-state index is 11.6. The summed E-state index contributed by atoms with van der Waals surface area (Å²) in [6.45, 7) is 1.82. The highest BCUT2D eigenvalue weighted by Gasteiger charge is 2.22. The van der Waals surface area contributed by atoms with Crippen LogP contribution in [0.4, 0.5) is 0 Å². The highest BCUT2D eigenvalue weighted by Crippen LogP contribution is 2.33. The van der Waals surface area contributed by atoms with Gasteiger partial charge in [0, 0.05) is 34.9 Å². The van der Waals surface area contributed by atoms with Crippen molar-refractivity contribution < 1.29 is 15.0 Å². The lowest BCUT2D eigenvalue weighted by atomic mass is 10.1. The van der Waals surface area contributed by atoms with Crippen molar-refractivity contribution in [1.82, 2.24) is 9.55 Å². The van der Waals surface area contributed by atoms with Gasteiger partial charge in [0.25, 0.3) is 0 Å². The zero-order valence-corrected chi connectivity index (χ0v) is 17.1. The van der Waals surface area contributed by atoms with Gasteiger partial charge in [-0.25, -0.2) is 9.78 Å². The van der Waals surface area contributed by atoms with Crippen molar-refractivity contribution in [3.05, 3.63) is 69.5 Å². The molecule has 1 aromatic heterocycles. The normalized spacial score (nSPS) is 10.5. The molecule has 0 aliphatic heterocycles. The second-order valence-corrected chi connectivity index (χ2v) is 7.15. The molecule has 2 N–H and O–H groups in total. The van der Waals surface area contributed by atoms with Gasteiger partial charge in [0.1, 0.15) is 5.82 Å². The molecule has 0 atom stereocenters. The van der Waals surface area contributed by atoms with Crippen molar-refractivity contribution in [2.24, 2.45) is 0 Å². The van der Waals surface area contributed by atoms with Crippen LogP contribution in [0.3, 0.4) is 0 Å². The molecule has 7 heteroatoms. The number of rotatable bonds is 5. The summed E-state index contributed by atoms with van der Waals surface area (Å²) in [6.07, 6.45) is 1.27. The van der Waals surface area contributed by atoms with Crippen LogP contribution in [0, 0.1) is 18.8 Å². The minimum atomic E-state index is -1.11. The second kappa shape index (κ2) is 9.15. The molecule has 5 nitrogen and oxygen atoms in total. The van der Waals surface area contributed by atoms with Crippen LogP contribution in [0.25, 0.3) is 17.1 Å². The Morgan fingerprint density at radius 2 is 1.90 bits per heavy atom. The molecule has 0 fully saturated rings. The Bertz CT molecular complexity index is 1110. The number of aromatic nitrogens is 2. The summed E-state index contributed by atoms with van der Waals surface area (Å²) < 4.78 is 1.75. The van der Waals surface area contributed by atoms with E-state index in [1.165, 1.54) is 0 Å². The van der Waals surface area contributed by atoms with E-state index in [0.717, 1.165) is 11.3 Å². The first-order chi connectivity index (χ1) is 13.9. The van der Waals surface area contributed by atoms with Crippen molar-refractivity contribution >= 4 is 29.2 Å². The van der Waals surface area contributed by atoms with Crippen LogP contribution in [-0.2, 0) is 0 Å². The van der Waals surface area contributed by atoms with Gasteiger partial charge in [0.15, 0.2) is 5.69 Å². The van der Waals surface area contributed by atoms with Gasteiger partial charge in [-0.1, -0.05) is 35.0 Å². The number of aliphatic hydroxyl groups is 1. The maximum atomic E-state index is 11.6. The molecule has 0 amide bonds. The van der Waals surface area contributed by atoms with E-state index in [1.54, 1.807) is 29.7 Å². The number of aromatic carboxylic acids is 1. The summed E-state index contributed by atoms with van der Waals surface area (Å²) in [4.78, 5) is 16.0. The Kier molecular flexibility index (Phi) is 6.60. The van der Waals surface area contributed by atoms with Crippen molar-refractivity contribution in [3.8, 4) is 28.9 Å². The summed E-state index contributed by atoms with van der Waals surface area (Å²) >= 11 is 12.3. The van der Waals surface area contributed by atoms with E-state index in [0.29, 0.717) is 40.0 Å². The molecule has 3 rings (SSSR count). The fraction of sp³-hybridized carbons (Fsp3) is 0.182. The summed E-state index contributed by atoms with van der Waals surface area (Å²) in [5.74, 6) is 5.36. The van der Waals surface area contributed by atoms with Crippen LogP contribution in [-0.4, -0.2) is 32.3 Å². The number of unbranched alkanes of at least 4 members (excludes halogenated alkanes) is 1. The molecule has 3 aromatic rings. The number of benzene rings is 2. The fourth-order valence-electron chi connectivity index (χ4n) is 2.90. The Balaban J connectivity index is 2.08. The number of nitrogens with zero attached hydrogens (tertiary/aromatic N) is 2. The first kappa shape index (κ1) is 20.9. The molecule has 0 bridgehead atoms. The van der Waals surface area contributed by atoms with Gasteiger partial charge in [-0.2, -0.15) is 0 Å². The molecule has 0 spiro atoms. The number of hydrogen-bond donors (Lipinski definition) is 2. The summed E-state index contributed by atoms with van der Waals surface area (Å²) in [5, 5.41) is 19.2. The lowest BCUT2D eigenvalue weighted by Crippen LogP contribution is -2.02. The first-order valence-corrected chi connectivity index (χ1v) is 9.66. The smallest absolute Gasteiger partial charge is 0.356 e. The molecule has 0 aliphatic rings. The SMILES string of the molecule is Cc1c(C(=O)O)nc(-c2ccc(Cl)cc2Cl)n1-c1ccc(C#CCCCO)cc1. The van der Waals surface area contributed by atoms with E-state index < -0.39 is 5.97 Å². The van der Waals surface area contributed by atoms with E-state index in [9.17, 15) is 9.90 Å². The Labute approximate surface area is 178 Å². The molecule has 0 unspecified atom stereocenters. The number of carboxylic acid groups (broad SMARTS) is 1. The minimum absolute atomic E-state index is 0.0427. The van der Waals surface area contributed by atoms with E-state index >= 15 is 0 Å². The predicted molar refractivity (Wildman–Crippen MR) is 114 cm³/mol. The van der Waals surface area contributed by atoms with E-state index in [4.69, 9.17) is 28.3 Å². The van der Waals surface area contributed by atoms with E-state index in [2.05, 4.69) is 16.8 Å². The molecule has 0 radical (unpaired) electrons. The van der Waals surface area contributed by atoms with Gasteiger partial charge < -0.3 is 10.2 Å². The number of imidazole rings is 1. The fourth-order valence-corrected chi connectivity index (χ4v) is 3.39. The molecular formula is C22H18Cl2N2O3. The molecule has 0 aliphatic carbocycles. The van der Waals surface area contributed by atoms with Gasteiger partial charge >= 0.3 is 5.97 Å². The van der Waals surface area contributed by atoms with Crippen LogP contribution >= 0.6 is 23.2 Å². The van der Waals surface area contributed by atoms with Crippen LogP contribution < -0.4 is 0 Å². The standard InChI is InChI=1S/C22H18Cl2N2O3/c1-14-20(22(28)29)25-21(18-11-8-16(23)13-19(18)24)26(14)17-9-6-15(7-10-17)5-3-2-4-12-27/h6-11,13,27H,2,4,12H2,1H3,(H,28,29). The minimum Gasteiger partial charge on any atom is -0.476 e. The number of carboxylic acids is 1. The lowest BCUT2D eigenvalue weighted by Gasteiger charge is -2.12. The second-order valence-electron chi connectivity index (χ2n) is 6.31. The van der Waals surface area contributed by atoms with Gasteiger partial charge in [-0.15, -0.1) is 0 Å². The van der Waals surface area contributed by atoms with Crippen molar-refractivity contribution in [2.45, 2.75) is 19.8 Å². The number of aliphatic hydroxyl groups excluding tert-OH is 1. The van der Waals surface area contributed by atoms with Crippen molar-refractivity contribution in [3.63, 3.8) is 0 Å². The number of halogens is 2. The average molecular weight is 429 g/mol. The third kappa shape index (κ3) is 4.63. The first-order valence-electron chi connectivity index (χ1n) is 8.90. The van der Waals surface area contributed by atoms with E-state index in [1.807, 2.05) is 24.3 Å². The van der Waals surface area contributed by atoms with Crippen LogP contribution in [0.5, 0.6) is 0 Å². The summed E-state index contributed by atoms with van der Waals surface area (Å²) in [5.41, 5.74) is 2.59. The number of hydrogen-bond acceptors (Lipinski definition) is 3. The molecule has 0 saturated carbocycles. The van der Waals surface area contributed by atoms with Crippen LogP contribution in [0.2, 0.25) is 10.0 Å². The van der Waals surface area contributed by atoms with Gasteiger partial charge in [0.05, 0.1) is 10.7 Å². The monoisotopic (exact) mass is 428 g/mol. The average Bonchev–Trinajstić information content (AvgIpc) is 3.03. The quantitative estimate of drug-likeness (QED) is 0.443. The predicted octanol–water partition coefficient (Wildman–Crippen LogP) is 4.98. The third-order valence-electron chi connectivity index (χ3n) is 4.30. The Morgan fingerprint density at radius 1 is 1.17 bits per heavy atom. The largest absolute Gasteiger partial charge is 0.476 e. The molecule has 0 saturated heterocycles. The maximum Gasteiger partial charge on any atom is 0.356 e. The van der Waals surface area contributed by atoms with Crippen LogP contribution in [0.1, 0.15) is 34.6 Å². The molecular weight excluding hydrogens is 411 g/mol. The molecule has 2 aromatic carbocycles. The van der Waals surface area contributed by atoms with Gasteiger partial charge in [-0.05, 0) is 55.8 Å². The highest BCUT2D eigenvalue weighted by atomic mass is 35.5. The van der Waals surface area contributed by atoms with Gasteiger partial charge in [0.2, 0.25) is 0 Å². The van der Waals surface area contributed by atoms with Gasteiger partial charge in [-0.3, -0.25) is 4.57 Å². The van der Waals surface area contributed by atoms with Crippen molar-refractivity contribution in [1.29, 1.82) is 0 Å². The Morgan fingerprint density at radius 3 is 2.52 bits per heavy atom.